The fourth-order valence-electron chi connectivity index (χ4n) is 1.30. The number of anilines is 1. The molecular weight excluding hydrogens is 273 g/mol. The van der Waals surface area contributed by atoms with Crippen molar-refractivity contribution in [2.75, 3.05) is 5.32 Å². The maximum absolute atomic E-state index is 11.6. The van der Waals surface area contributed by atoms with Crippen LogP contribution < -0.4 is 10.1 Å². The van der Waals surface area contributed by atoms with Crippen molar-refractivity contribution in [2.45, 2.75) is 0 Å². The molecule has 0 aromatic heterocycles. The highest BCUT2D eigenvalue weighted by Crippen LogP contribution is 2.23. The zero-order valence-electron chi connectivity index (χ0n) is 9.19. The molecule has 0 heterocycles. The van der Waals surface area contributed by atoms with Gasteiger partial charge in [0.25, 0.3) is 0 Å². The molecule has 0 saturated heterocycles. The van der Waals surface area contributed by atoms with E-state index in [0.717, 1.165) is 0 Å². The molecule has 5 heteroatoms. The van der Waals surface area contributed by atoms with Crippen LogP contribution in [0.15, 0.2) is 48.5 Å². The summed E-state index contributed by atoms with van der Waals surface area (Å²) in [5.41, 5.74) is 0.594. The van der Waals surface area contributed by atoms with E-state index < -0.39 is 6.09 Å². The molecule has 0 aliphatic carbocycles. The van der Waals surface area contributed by atoms with E-state index in [-0.39, 0.29) is 0 Å². The Morgan fingerprint density at radius 2 is 1.67 bits per heavy atom. The third-order valence-corrected chi connectivity index (χ3v) is 2.69. The van der Waals surface area contributed by atoms with Crippen LogP contribution in [0.4, 0.5) is 10.5 Å². The van der Waals surface area contributed by atoms with Gasteiger partial charge in [0, 0.05) is 10.7 Å². The number of rotatable bonds is 2. The molecule has 2 aromatic rings. The molecule has 3 nitrogen and oxygen atoms in total. The van der Waals surface area contributed by atoms with Crippen molar-refractivity contribution in [3.8, 4) is 5.75 Å². The molecule has 0 saturated carbocycles. The van der Waals surface area contributed by atoms with E-state index in [1.807, 2.05) is 0 Å². The van der Waals surface area contributed by atoms with Crippen molar-refractivity contribution in [1.82, 2.24) is 0 Å². The summed E-state index contributed by atoms with van der Waals surface area (Å²) in [6.45, 7) is 0. The summed E-state index contributed by atoms with van der Waals surface area (Å²) < 4.78 is 5.06. The zero-order valence-corrected chi connectivity index (χ0v) is 10.7. The number of para-hydroxylation sites is 1. The molecule has 0 bridgehead atoms. The Morgan fingerprint density at radius 3 is 2.33 bits per heavy atom. The van der Waals surface area contributed by atoms with Gasteiger partial charge in [-0.05, 0) is 36.4 Å². The predicted molar refractivity (Wildman–Crippen MR) is 72.6 cm³/mol. The Kier molecular flexibility index (Phi) is 4.07. The molecule has 18 heavy (non-hydrogen) atoms. The third-order valence-electron chi connectivity index (χ3n) is 2.13. The number of nitrogens with one attached hydrogen (secondary N) is 1. The molecule has 1 amide bonds. The van der Waals surface area contributed by atoms with E-state index in [1.54, 1.807) is 48.5 Å². The van der Waals surface area contributed by atoms with Crippen molar-refractivity contribution in [2.24, 2.45) is 0 Å². The van der Waals surface area contributed by atoms with Crippen molar-refractivity contribution < 1.29 is 9.53 Å². The van der Waals surface area contributed by atoms with Crippen molar-refractivity contribution in [3.05, 3.63) is 58.6 Å². The molecule has 0 radical (unpaired) electrons. The maximum atomic E-state index is 11.6. The lowest BCUT2D eigenvalue weighted by molar-refractivity contribution is 0.215. The second-order valence-corrected chi connectivity index (χ2v) is 4.30. The first-order chi connectivity index (χ1) is 8.65. The Balaban J connectivity index is 2.01. The fourth-order valence-corrected chi connectivity index (χ4v) is 1.60. The first kappa shape index (κ1) is 12.7. The topological polar surface area (TPSA) is 38.3 Å². The van der Waals surface area contributed by atoms with Gasteiger partial charge >= 0.3 is 6.09 Å². The molecule has 2 aromatic carbocycles. The number of amides is 1. The Morgan fingerprint density at radius 1 is 1.00 bits per heavy atom. The minimum Gasteiger partial charge on any atom is -0.409 e. The van der Waals surface area contributed by atoms with Crippen LogP contribution in [-0.4, -0.2) is 6.09 Å². The number of carbonyl (C=O) groups excluding carboxylic acids is 1. The Hall–Kier alpha value is -1.71. The minimum atomic E-state index is -0.606. The van der Waals surface area contributed by atoms with Crippen molar-refractivity contribution in [3.63, 3.8) is 0 Å². The smallest absolute Gasteiger partial charge is 0.409 e. The summed E-state index contributed by atoms with van der Waals surface area (Å²) in [6.07, 6.45) is -0.606. The first-order valence-corrected chi connectivity index (χ1v) is 5.89. The highest BCUT2D eigenvalue weighted by molar-refractivity contribution is 6.32. The van der Waals surface area contributed by atoms with Gasteiger partial charge in [0.05, 0.1) is 5.02 Å². The van der Waals surface area contributed by atoms with Crippen LogP contribution in [0.3, 0.4) is 0 Å². The lowest BCUT2D eigenvalue weighted by Gasteiger charge is -2.07. The van der Waals surface area contributed by atoms with Crippen LogP contribution in [-0.2, 0) is 0 Å². The molecule has 2 rings (SSSR count). The van der Waals surface area contributed by atoms with Crippen LogP contribution >= 0.6 is 23.2 Å². The number of hydrogen-bond acceptors (Lipinski definition) is 2. The summed E-state index contributed by atoms with van der Waals surface area (Å²) in [5.74, 6) is 0.311. The molecule has 0 spiro atoms. The van der Waals surface area contributed by atoms with Gasteiger partial charge in [-0.2, -0.15) is 0 Å². The van der Waals surface area contributed by atoms with Gasteiger partial charge < -0.3 is 4.74 Å². The fraction of sp³-hybridized carbons (Fsp3) is 0. The Labute approximate surface area is 114 Å². The predicted octanol–water partition coefficient (Wildman–Crippen LogP) is 4.60. The van der Waals surface area contributed by atoms with Gasteiger partial charge in [0.2, 0.25) is 0 Å². The molecule has 0 aliphatic heterocycles. The first-order valence-electron chi connectivity index (χ1n) is 5.14. The summed E-state index contributed by atoms with van der Waals surface area (Å²) >= 11 is 11.6. The summed E-state index contributed by atoms with van der Waals surface area (Å²) in [6, 6.07) is 13.4. The molecule has 1 N–H and O–H groups in total. The Bertz CT molecular complexity index is 555. The monoisotopic (exact) mass is 281 g/mol. The van der Waals surface area contributed by atoms with Gasteiger partial charge in [0.15, 0.2) is 5.75 Å². The van der Waals surface area contributed by atoms with Crippen LogP contribution in [0.2, 0.25) is 10.0 Å². The standard InChI is InChI=1S/C13H9Cl2NO2/c14-9-5-7-10(8-6-9)16-13(17)18-12-4-2-1-3-11(12)15/h1-8H,(H,16,17). The number of hydrogen-bond donors (Lipinski definition) is 1. The molecular formula is C13H9Cl2NO2. The van der Waals surface area contributed by atoms with Crippen LogP contribution in [0.1, 0.15) is 0 Å². The second-order valence-electron chi connectivity index (χ2n) is 3.45. The van der Waals surface area contributed by atoms with Gasteiger partial charge in [-0.3, -0.25) is 5.32 Å². The SMILES string of the molecule is O=C(Nc1ccc(Cl)cc1)Oc1ccccc1Cl. The van der Waals surface area contributed by atoms with Gasteiger partial charge in [-0.15, -0.1) is 0 Å². The largest absolute Gasteiger partial charge is 0.417 e. The third kappa shape index (κ3) is 3.39. The van der Waals surface area contributed by atoms with Crippen LogP contribution in [0, 0.1) is 0 Å². The maximum Gasteiger partial charge on any atom is 0.417 e. The van der Waals surface area contributed by atoms with E-state index in [9.17, 15) is 4.79 Å². The van der Waals surface area contributed by atoms with E-state index in [4.69, 9.17) is 27.9 Å². The van der Waals surface area contributed by atoms with E-state index >= 15 is 0 Å². The number of carbonyl (C=O) groups is 1. The molecule has 0 unspecified atom stereocenters. The lowest BCUT2D eigenvalue weighted by Crippen LogP contribution is -2.16. The number of ether oxygens (including phenoxy) is 1. The molecule has 0 atom stereocenters. The average Bonchev–Trinajstić information content (AvgIpc) is 2.35. The van der Waals surface area contributed by atoms with E-state index in [2.05, 4.69) is 5.32 Å². The quantitative estimate of drug-likeness (QED) is 0.873. The zero-order chi connectivity index (χ0) is 13.0. The van der Waals surface area contributed by atoms with Gasteiger partial charge in [0.1, 0.15) is 0 Å². The van der Waals surface area contributed by atoms with Crippen molar-refractivity contribution >= 4 is 35.0 Å². The number of benzene rings is 2. The van der Waals surface area contributed by atoms with Gasteiger partial charge in [-0.1, -0.05) is 35.3 Å². The van der Waals surface area contributed by atoms with E-state index in [1.165, 1.54) is 0 Å². The van der Waals surface area contributed by atoms with Gasteiger partial charge in [-0.25, -0.2) is 4.79 Å². The summed E-state index contributed by atoms with van der Waals surface area (Å²) in [4.78, 5) is 11.6. The molecule has 0 aliphatic rings. The summed E-state index contributed by atoms with van der Waals surface area (Å²) in [5, 5.41) is 3.54. The van der Waals surface area contributed by atoms with Crippen LogP contribution in [0.25, 0.3) is 0 Å². The average molecular weight is 282 g/mol. The minimum absolute atomic E-state index is 0.311. The summed E-state index contributed by atoms with van der Waals surface area (Å²) in [7, 11) is 0. The highest BCUT2D eigenvalue weighted by Gasteiger charge is 2.07. The lowest BCUT2D eigenvalue weighted by atomic mass is 10.3. The molecule has 92 valence electrons. The number of halogens is 2. The molecule has 0 fully saturated rings. The normalized spacial score (nSPS) is 9.89. The van der Waals surface area contributed by atoms with Crippen LogP contribution in [0.5, 0.6) is 5.75 Å². The highest BCUT2D eigenvalue weighted by atomic mass is 35.5. The van der Waals surface area contributed by atoms with Crippen molar-refractivity contribution in [1.29, 1.82) is 0 Å². The van der Waals surface area contributed by atoms with E-state index in [0.29, 0.717) is 21.5 Å². The second kappa shape index (κ2) is 5.76.